The molecule has 0 saturated carbocycles. The van der Waals surface area contributed by atoms with Crippen molar-refractivity contribution in [1.82, 2.24) is 0 Å². The van der Waals surface area contributed by atoms with Crippen LogP contribution in [0.4, 0.5) is 0 Å². The first-order valence-electron chi connectivity index (χ1n) is 6.71. The molecule has 0 aromatic heterocycles. The van der Waals surface area contributed by atoms with E-state index in [-0.39, 0.29) is 5.56 Å². The van der Waals surface area contributed by atoms with E-state index in [4.69, 9.17) is 4.74 Å². The lowest BCUT2D eigenvalue weighted by Gasteiger charge is -2.16. The third-order valence-corrected chi connectivity index (χ3v) is 3.34. The summed E-state index contributed by atoms with van der Waals surface area (Å²) in [6, 6.07) is 14.9. The zero-order valence-corrected chi connectivity index (χ0v) is 13.8. The number of halogens is 1. The van der Waals surface area contributed by atoms with Crippen LogP contribution in [-0.4, -0.2) is 17.9 Å². The van der Waals surface area contributed by atoms with E-state index < -0.39 is 24.0 Å². The summed E-state index contributed by atoms with van der Waals surface area (Å²) < 4.78 is 10.5. The Morgan fingerprint density at radius 1 is 1.00 bits per heavy atom. The van der Waals surface area contributed by atoms with Crippen molar-refractivity contribution in [3.05, 3.63) is 70.2 Å². The topological polar surface area (TPSA) is 69.7 Å². The van der Waals surface area contributed by atoms with Gasteiger partial charge in [0.2, 0.25) is 6.10 Å². The predicted molar refractivity (Wildman–Crippen MR) is 85.5 cm³/mol. The van der Waals surface area contributed by atoms with Crippen LogP contribution >= 0.6 is 15.9 Å². The number of rotatable bonds is 4. The first-order chi connectivity index (χ1) is 11.0. The van der Waals surface area contributed by atoms with Gasteiger partial charge in [0.05, 0.1) is 5.56 Å². The molecular weight excluding hydrogens is 364 g/mol. The third kappa shape index (κ3) is 4.75. The van der Waals surface area contributed by atoms with Crippen LogP contribution in [-0.2, 0) is 19.1 Å². The molecule has 0 heterocycles. The monoisotopic (exact) mass is 376 g/mol. The Labute approximate surface area is 141 Å². The van der Waals surface area contributed by atoms with Gasteiger partial charge in [-0.25, -0.2) is 9.59 Å². The molecule has 0 bridgehead atoms. The average Bonchev–Trinajstić information content (AvgIpc) is 2.52. The minimum absolute atomic E-state index is 0.274. The van der Waals surface area contributed by atoms with Crippen molar-refractivity contribution in [2.24, 2.45) is 0 Å². The van der Waals surface area contributed by atoms with E-state index in [1.807, 2.05) is 0 Å². The van der Waals surface area contributed by atoms with Gasteiger partial charge >= 0.3 is 17.9 Å². The van der Waals surface area contributed by atoms with E-state index in [1.165, 1.54) is 0 Å². The largest absolute Gasteiger partial charge is 0.442 e. The molecule has 118 valence electrons. The van der Waals surface area contributed by atoms with Gasteiger partial charge in [-0.1, -0.05) is 52.3 Å². The van der Waals surface area contributed by atoms with Crippen LogP contribution in [0.15, 0.2) is 59.1 Å². The van der Waals surface area contributed by atoms with Gasteiger partial charge in [0.25, 0.3) is 0 Å². The molecule has 0 aliphatic heterocycles. The van der Waals surface area contributed by atoms with Crippen LogP contribution in [0.3, 0.4) is 0 Å². The molecule has 0 N–H and O–H groups in total. The second kappa shape index (κ2) is 7.69. The number of esters is 3. The molecular formula is C17H13BrO5. The van der Waals surface area contributed by atoms with Crippen LogP contribution in [0, 0.1) is 0 Å². The van der Waals surface area contributed by atoms with Gasteiger partial charge in [-0.3, -0.25) is 4.79 Å². The molecule has 5 nitrogen and oxygen atoms in total. The highest BCUT2D eigenvalue weighted by Crippen LogP contribution is 2.22. The smallest absolute Gasteiger partial charge is 0.359 e. The quantitative estimate of drug-likeness (QED) is 0.603. The van der Waals surface area contributed by atoms with Crippen LogP contribution in [0.5, 0.6) is 0 Å². The Morgan fingerprint density at radius 3 is 2.30 bits per heavy atom. The molecule has 0 radical (unpaired) electrons. The molecule has 0 amide bonds. The fourth-order valence-corrected chi connectivity index (χ4v) is 2.27. The summed E-state index contributed by atoms with van der Waals surface area (Å²) in [6.45, 7) is 1.11. The number of benzene rings is 2. The molecule has 0 saturated heterocycles. The Kier molecular flexibility index (Phi) is 5.65. The standard InChI is InChI=1S/C17H13BrO5/c1-11(19)22-17(21)15(12-6-3-2-4-7-12)23-16(20)13-8-5-9-14(18)10-13/h2-10,15H,1H3. The number of hydrogen-bond acceptors (Lipinski definition) is 5. The normalized spacial score (nSPS) is 11.4. The third-order valence-electron chi connectivity index (χ3n) is 2.85. The molecule has 0 aliphatic carbocycles. The maximum Gasteiger partial charge on any atom is 0.359 e. The van der Waals surface area contributed by atoms with Gasteiger partial charge in [-0.15, -0.1) is 0 Å². The molecule has 23 heavy (non-hydrogen) atoms. The van der Waals surface area contributed by atoms with Crippen LogP contribution < -0.4 is 0 Å². The Morgan fingerprint density at radius 2 is 1.70 bits per heavy atom. The van der Waals surface area contributed by atoms with E-state index in [2.05, 4.69) is 20.7 Å². The van der Waals surface area contributed by atoms with Gasteiger partial charge < -0.3 is 9.47 Å². The van der Waals surface area contributed by atoms with Crippen molar-refractivity contribution in [2.45, 2.75) is 13.0 Å². The van der Waals surface area contributed by atoms with Gasteiger partial charge in [0.15, 0.2) is 0 Å². The molecule has 2 rings (SSSR count). The van der Waals surface area contributed by atoms with E-state index in [0.717, 1.165) is 6.92 Å². The van der Waals surface area contributed by atoms with Crippen LogP contribution in [0.1, 0.15) is 28.9 Å². The van der Waals surface area contributed by atoms with Crippen LogP contribution in [0.25, 0.3) is 0 Å². The van der Waals surface area contributed by atoms with Gasteiger partial charge in [0, 0.05) is 17.0 Å². The molecule has 1 unspecified atom stereocenters. The number of carbonyl (C=O) groups is 3. The highest BCUT2D eigenvalue weighted by molar-refractivity contribution is 9.10. The number of hydrogen-bond donors (Lipinski definition) is 0. The number of carbonyl (C=O) groups excluding carboxylic acids is 3. The lowest BCUT2D eigenvalue weighted by molar-refractivity contribution is -0.165. The second-order valence-corrected chi connectivity index (χ2v) is 5.53. The predicted octanol–water partition coefficient (Wildman–Crippen LogP) is 3.44. The molecule has 0 fully saturated rings. The highest BCUT2D eigenvalue weighted by atomic mass is 79.9. The average molecular weight is 377 g/mol. The fourth-order valence-electron chi connectivity index (χ4n) is 1.87. The van der Waals surface area contributed by atoms with Crippen LogP contribution in [0.2, 0.25) is 0 Å². The summed E-state index contributed by atoms with van der Waals surface area (Å²) in [7, 11) is 0. The molecule has 0 aliphatic rings. The fraction of sp³-hybridized carbons (Fsp3) is 0.118. The first kappa shape index (κ1) is 16.9. The van der Waals surface area contributed by atoms with E-state index >= 15 is 0 Å². The van der Waals surface area contributed by atoms with Crippen molar-refractivity contribution in [1.29, 1.82) is 0 Å². The molecule has 2 aromatic carbocycles. The lowest BCUT2D eigenvalue weighted by atomic mass is 10.1. The van der Waals surface area contributed by atoms with E-state index in [1.54, 1.807) is 54.6 Å². The molecule has 2 aromatic rings. The van der Waals surface area contributed by atoms with Gasteiger partial charge in [0.1, 0.15) is 0 Å². The van der Waals surface area contributed by atoms with Crippen molar-refractivity contribution in [2.75, 3.05) is 0 Å². The Balaban J connectivity index is 2.25. The van der Waals surface area contributed by atoms with Gasteiger partial charge in [-0.2, -0.15) is 0 Å². The molecule has 1 atom stereocenters. The summed E-state index contributed by atoms with van der Waals surface area (Å²) in [6.07, 6.45) is -1.31. The highest BCUT2D eigenvalue weighted by Gasteiger charge is 2.28. The minimum Gasteiger partial charge on any atom is -0.442 e. The first-order valence-corrected chi connectivity index (χ1v) is 7.50. The van der Waals surface area contributed by atoms with Crippen molar-refractivity contribution in [3.8, 4) is 0 Å². The summed E-state index contributed by atoms with van der Waals surface area (Å²) in [4.78, 5) is 35.3. The summed E-state index contributed by atoms with van der Waals surface area (Å²) in [5.41, 5.74) is 0.693. The zero-order chi connectivity index (χ0) is 16.8. The van der Waals surface area contributed by atoms with E-state index in [9.17, 15) is 14.4 Å². The van der Waals surface area contributed by atoms with Crippen molar-refractivity contribution < 1.29 is 23.9 Å². The molecule has 6 heteroatoms. The summed E-state index contributed by atoms with van der Waals surface area (Å²) >= 11 is 3.26. The van der Waals surface area contributed by atoms with Crippen molar-refractivity contribution in [3.63, 3.8) is 0 Å². The Bertz CT molecular complexity index is 727. The maximum atomic E-state index is 12.2. The van der Waals surface area contributed by atoms with Crippen molar-refractivity contribution >= 4 is 33.8 Å². The zero-order valence-electron chi connectivity index (χ0n) is 12.2. The second-order valence-electron chi connectivity index (χ2n) is 4.62. The Hall–Kier alpha value is -2.47. The van der Waals surface area contributed by atoms with E-state index in [0.29, 0.717) is 10.0 Å². The lowest BCUT2D eigenvalue weighted by Crippen LogP contribution is -2.23. The summed E-state index contributed by atoms with van der Waals surface area (Å²) in [5.74, 6) is -2.40. The number of ether oxygens (including phenoxy) is 2. The SMILES string of the molecule is CC(=O)OC(=O)C(OC(=O)c1cccc(Br)c1)c1ccccc1. The minimum atomic E-state index is -1.31. The summed E-state index contributed by atoms with van der Waals surface area (Å²) in [5, 5.41) is 0. The van der Waals surface area contributed by atoms with Gasteiger partial charge in [-0.05, 0) is 18.2 Å². The maximum absolute atomic E-state index is 12.2. The molecule has 0 spiro atoms.